The van der Waals surface area contributed by atoms with E-state index < -0.39 is 4.92 Å². The second kappa shape index (κ2) is 8.49. The molecular weight excluding hydrogens is 384 g/mol. The number of thioether (sulfide) groups is 1. The van der Waals surface area contributed by atoms with Crippen LogP contribution >= 0.6 is 11.8 Å². The fourth-order valence-electron chi connectivity index (χ4n) is 3.72. The second-order valence-electron chi connectivity index (χ2n) is 6.90. The molecule has 0 spiro atoms. The number of piperidine rings is 1. The molecule has 1 heterocycles. The van der Waals surface area contributed by atoms with E-state index in [4.69, 9.17) is 0 Å². The van der Waals surface area contributed by atoms with Gasteiger partial charge in [0.1, 0.15) is 0 Å². The summed E-state index contributed by atoms with van der Waals surface area (Å²) in [5.41, 5.74) is 2.06. The monoisotopic (exact) mass is 404 g/mol. The minimum Gasteiger partial charge on any atom is -0.304 e. The summed E-state index contributed by atoms with van der Waals surface area (Å²) in [5.74, 6) is 0.116. The van der Waals surface area contributed by atoms with Gasteiger partial charge in [0.2, 0.25) is 5.91 Å². The molecule has 1 fully saturated rings. The van der Waals surface area contributed by atoms with Crippen molar-refractivity contribution < 1.29 is 9.72 Å². The first kappa shape index (κ1) is 19.2. The number of nitro benzene ring substituents is 1. The lowest BCUT2D eigenvalue weighted by atomic mass is 9.93. The van der Waals surface area contributed by atoms with E-state index in [0.29, 0.717) is 6.42 Å². The fraction of sp³-hybridized carbons (Fsp3) is 0.174. The zero-order chi connectivity index (χ0) is 20.2. The van der Waals surface area contributed by atoms with Crippen LogP contribution in [0, 0.1) is 10.1 Å². The molecule has 2 unspecified atom stereocenters. The van der Waals surface area contributed by atoms with Gasteiger partial charge in [-0.05, 0) is 36.2 Å². The number of hydrogen-bond acceptors (Lipinski definition) is 4. The Morgan fingerprint density at radius 3 is 2.14 bits per heavy atom. The third kappa shape index (κ3) is 4.17. The standard InChI is InChI=1S/C23H20N2O3S/c26-22-16-15-21(29-20-13-11-19(12-14-20)25(27)28)23(17-7-3-1-4-8-17)24(22)18-9-5-2-6-10-18/h1-14,21,23H,15-16H2. The van der Waals surface area contributed by atoms with Crippen molar-refractivity contribution in [2.24, 2.45) is 0 Å². The molecule has 146 valence electrons. The SMILES string of the molecule is O=C1CCC(Sc2ccc([N+](=O)[O-])cc2)C(c2ccccc2)N1c1ccccc1. The number of carbonyl (C=O) groups excluding carboxylic acids is 1. The molecule has 0 N–H and O–H groups in total. The summed E-state index contributed by atoms with van der Waals surface area (Å²) in [4.78, 5) is 26.3. The first-order chi connectivity index (χ1) is 14.1. The van der Waals surface area contributed by atoms with Crippen LogP contribution in [-0.2, 0) is 4.79 Å². The Labute approximate surface area is 173 Å². The highest BCUT2D eigenvalue weighted by atomic mass is 32.2. The van der Waals surface area contributed by atoms with Gasteiger partial charge >= 0.3 is 0 Å². The zero-order valence-electron chi connectivity index (χ0n) is 15.7. The van der Waals surface area contributed by atoms with Crippen LogP contribution in [0.15, 0.2) is 89.8 Å². The minimum absolute atomic E-state index is 0.0821. The molecule has 4 rings (SSSR count). The highest BCUT2D eigenvalue weighted by molar-refractivity contribution is 8.00. The Kier molecular flexibility index (Phi) is 5.62. The van der Waals surface area contributed by atoms with Gasteiger partial charge in [0.05, 0.1) is 11.0 Å². The Morgan fingerprint density at radius 2 is 1.52 bits per heavy atom. The lowest BCUT2D eigenvalue weighted by molar-refractivity contribution is -0.384. The number of para-hydroxylation sites is 1. The van der Waals surface area contributed by atoms with Crippen molar-refractivity contribution in [3.63, 3.8) is 0 Å². The quantitative estimate of drug-likeness (QED) is 0.409. The van der Waals surface area contributed by atoms with Crippen molar-refractivity contribution in [2.75, 3.05) is 4.90 Å². The second-order valence-corrected chi connectivity index (χ2v) is 8.21. The minimum atomic E-state index is -0.391. The van der Waals surface area contributed by atoms with Crippen molar-refractivity contribution in [1.82, 2.24) is 0 Å². The van der Waals surface area contributed by atoms with Crippen LogP contribution in [0.2, 0.25) is 0 Å². The number of amides is 1. The number of non-ortho nitro benzene ring substituents is 1. The van der Waals surface area contributed by atoms with Gasteiger partial charge in [-0.2, -0.15) is 0 Å². The highest BCUT2D eigenvalue weighted by Crippen LogP contribution is 2.44. The Balaban J connectivity index is 1.70. The summed E-state index contributed by atoms with van der Waals surface area (Å²) < 4.78 is 0. The van der Waals surface area contributed by atoms with Crippen LogP contribution in [0.3, 0.4) is 0 Å². The van der Waals surface area contributed by atoms with Crippen LogP contribution < -0.4 is 4.90 Å². The molecule has 1 aliphatic heterocycles. The molecule has 1 saturated heterocycles. The van der Waals surface area contributed by atoms with Crippen molar-refractivity contribution in [3.05, 3.63) is 101 Å². The van der Waals surface area contributed by atoms with Gasteiger partial charge in [-0.3, -0.25) is 14.9 Å². The lowest BCUT2D eigenvalue weighted by Crippen LogP contribution is -2.44. The van der Waals surface area contributed by atoms with Crippen LogP contribution in [0.5, 0.6) is 0 Å². The normalized spacial score (nSPS) is 19.2. The van der Waals surface area contributed by atoms with E-state index in [1.807, 2.05) is 53.4 Å². The van der Waals surface area contributed by atoms with Crippen LogP contribution in [0.1, 0.15) is 24.4 Å². The maximum Gasteiger partial charge on any atom is 0.269 e. The van der Waals surface area contributed by atoms with Gasteiger partial charge in [-0.15, -0.1) is 11.8 Å². The smallest absolute Gasteiger partial charge is 0.269 e. The van der Waals surface area contributed by atoms with Crippen molar-refractivity contribution >= 4 is 29.0 Å². The maximum absolute atomic E-state index is 12.9. The number of carbonyl (C=O) groups is 1. The van der Waals surface area contributed by atoms with Gasteiger partial charge in [-0.25, -0.2) is 0 Å². The molecule has 6 heteroatoms. The first-order valence-electron chi connectivity index (χ1n) is 9.46. The number of nitrogens with zero attached hydrogens (tertiary/aromatic N) is 2. The number of anilines is 1. The molecule has 1 aliphatic rings. The van der Waals surface area contributed by atoms with Crippen molar-refractivity contribution in [1.29, 1.82) is 0 Å². The molecule has 5 nitrogen and oxygen atoms in total. The van der Waals surface area contributed by atoms with Gasteiger partial charge in [0.15, 0.2) is 0 Å². The van der Waals surface area contributed by atoms with E-state index in [-0.39, 0.29) is 22.9 Å². The average molecular weight is 404 g/mol. The number of benzene rings is 3. The molecule has 0 radical (unpaired) electrons. The molecule has 0 bridgehead atoms. The Morgan fingerprint density at radius 1 is 0.897 bits per heavy atom. The molecule has 0 aromatic heterocycles. The summed E-state index contributed by atoms with van der Waals surface area (Å²) in [6.45, 7) is 0. The van der Waals surface area contributed by atoms with Crippen LogP contribution in [0.25, 0.3) is 0 Å². The molecule has 1 amide bonds. The van der Waals surface area contributed by atoms with E-state index in [1.54, 1.807) is 23.9 Å². The molecule has 29 heavy (non-hydrogen) atoms. The molecule has 3 aromatic rings. The van der Waals surface area contributed by atoms with E-state index in [0.717, 1.165) is 22.6 Å². The predicted octanol–water partition coefficient (Wildman–Crippen LogP) is 5.62. The Bertz CT molecular complexity index is 994. The van der Waals surface area contributed by atoms with E-state index >= 15 is 0 Å². The third-order valence-corrected chi connectivity index (χ3v) is 6.39. The molecule has 0 aliphatic carbocycles. The zero-order valence-corrected chi connectivity index (χ0v) is 16.5. The molecule has 0 saturated carbocycles. The summed E-state index contributed by atoms with van der Waals surface area (Å²) in [6.07, 6.45) is 1.23. The molecule has 2 atom stereocenters. The third-order valence-electron chi connectivity index (χ3n) is 5.05. The average Bonchev–Trinajstić information content (AvgIpc) is 2.76. The molecule has 3 aromatic carbocycles. The predicted molar refractivity (Wildman–Crippen MR) is 115 cm³/mol. The van der Waals surface area contributed by atoms with E-state index in [2.05, 4.69) is 12.1 Å². The summed E-state index contributed by atoms with van der Waals surface area (Å²) in [7, 11) is 0. The summed E-state index contributed by atoms with van der Waals surface area (Å²) in [6, 6.07) is 26.3. The highest BCUT2D eigenvalue weighted by Gasteiger charge is 2.38. The van der Waals surface area contributed by atoms with E-state index in [1.165, 1.54) is 12.1 Å². The maximum atomic E-state index is 12.9. The summed E-state index contributed by atoms with van der Waals surface area (Å²) in [5, 5.41) is 11.1. The largest absolute Gasteiger partial charge is 0.304 e. The fourth-order valence-corrected chi connectivity index (χ4v) is 5.00. The van der Waals surface area contributed by atoms with Gasteiger partial charge in [0, 0.05) is 34.4 Å². The van der Waals surface area contributed by atoms with Crippen molar-refractivity contribution in [2.45, 2.75) is 29.0 Å². The van der Waals surface area contributed by atoms with Gasteiger partial charge < -0.3 is 4.90 Å². The topological polar surface area (TPSA) is 63.4 Å². The number of hydrogen-bond donors (Lipinski definition) is 0. The Hall–Kier alpha value is -3.12. The van der Waals surface area contributed by atoms with Crippen LogP contribution in [-0.4, -0.2) is 16.1 Å². The van der Waals surface area contributed by atoms with E-state index in [9.17, 15) is 14.9 Å². The van der Waals surface area contributed by atoms with Crippen molar-refractivity contribution in [3.8, 4) is 0 Å². The van der Waals surface area contributed by atoms with Gasteiger partial charge in [-0.1, -0.05) is 48.5 Å². The first-order valence-corrected chi connectivity index (χ1v) is 10.3. The molecular formula is C23H20N2O3S. The lowest BCUT2D eigenvalue weighted by Gasteiger charge is -2.41. The number of rotatable bonds is 5. The number of nitro groups is 1. The summed E-state index contributed by atoms with van der Waals surface area (Å²) >= 11 is 1.67. The van der Waals surface area contributed by atoms with Gasteiger partial charge in [0.25, 0.3) is 5.69 Å². The van der Waals surface area contributed by atoms with Crippen LogP contribution in [0.4, 0.5) is 11.4 Å².